The van der Waals surface area contributed by atoms with Crippen LogP contribution in [0, 0.1) is 12.4 Å². The lowest BCUT2D eigenvalue weighted by Gasteiger charge is -2.12. The number of aromatic nitrogens is 3. The quantitative estimate of drug-likeness (QED) is 0.219. The van der Waals surface area contributed by atoms with Crippen LogP contribution in [0.3, 0.4) is 0 Å². The Kier molecular flexibility index (Phi) is 5.84. The number of amides is 2. The number of rotatable bonds is 3. The maximum absolute atomic E-state index is 13.9. The minimum atomic E-state index is -4.69. The number of halogens is 5. The molecule has 0 radical (unpaired) electrons. The number of nitrogen functional groups attached to an aromatic ring is 1. The molecule has 2 aromatic carbocycles. The van der Waals surface area contributed by atoms with Gasteiger partial charge in [-0.05, 0) is 51.8 Å². The predicted molar refractivity (Wildman–Crippen MR) is 121 cm³/mol. The normalized spacial score (nSPS) is 11.3. The summed E-state index contributed by atoms with van der Waals surface area (Å²) < 4.78 is 54.3. The van der Waals surface area contributed by atoms with E-state index in [9.17, 15) is 22.4 Å². The number of anilines is 3. The second kappa shape index (κ2) is 8.64. The first kappa shape index (κ1) is 23.0. The van der Waals surface area contributed by atoms with Crippen LogP contribution in [0.1, 0.15) is 5.56 Å². The van der Waals surface area contributed by atoms with E-state index in [2.05, 4.69) is 41.5 Å². The van der Waals surface area contributed by atoms with Crippen molar-refractivity contribution in [2.45, 2.75) is 6.18 Å². The number of carbonyl (C=O) groups excluding carboxylic acids is 1. The molecule has 34 heavy (non-hydrogen) atoms. The summed E-state index contributed by atoms with van der Waals surface area (Å²) in [6.45, 7) is 7.52. The molecule has 0 bridgehead atoms. The molecule has 8 nitrogen and oxygen atoms in total. The highest BCUT2D eigenvalue weighted by molar-refractivity contribution is 9.10. The van der Waals surface area contributed by atoms with Crippen LogP contribution in [0.25, 0.3) is 21.5 Å². The maximum Gasteiger partial charge on any atom is 0.416 e. The molecule has 2 heterocycles. The molecule has 4 rings (SSSR count). The van der Waals surface area contributed by atoms with Crippen molar-refractivity contribution in [2.75, 3.05) is 16.4 Å². The van der Waals surface area contributed by atoms with Crippen molar-refractivity contribution in [3.63, 3.8) is 0 Å². The SMILES string of the molecule is [C-]#[N+]c1c(-c2ccc(NC(=O)Nc3cc(C(F)(F)F)ccc3F)cc2)c2c(N)ncnn2c1Br. The highest BCUT2D eigenvalue weighted by atomic mass is 79.9. The molecule has 2 aromatic heterocycles. The first-order valence-corrected chi connectivity index (χ1v) is 10.1. The first-order valence-electron chi connectivity index (χ1n) is 9.33. The summed E-state index contributed by atoms with van der Waals surface area (Å²) in [7, 11) is 0. The Morgan fingerprint density at radius 1 is 1.15 bits per heavy atom. The van der Waals surface area contributed by atoms with Crippen molar-refractivity contribution in [2.24, 2.45) is 0 Å². The van der Waals surface area contributed by atoms with Crippen molar-refractivity contribution in [3.8, 4) is 11.1 Å². The van der Waals surface area contributed by atoms with E-state index in [4.69, 9.17) is 12.3 Å². The summed E-state index contributed by atoms with van der Waals surface area (Å²) in [6.07, 6.45) is -3.43. The summed E-state index contributed by atoms with van der Waals surface area (Å²) in [5, 5.41) is 8.57. The van der Waals surface area contributed by atoms with Crippen molar-refractivity contribution in [1.82, 2.24) is 14.6 Å². The predicted octanol–water partition coefficient (Wildman–Crippen LogP) is 6.09. The molecular formula is C21H12BrF4N7O. The maximum atomic E-state index is 13.9. The molecule has 4 aromatic rings. The summed E-state index contributed by atoms with van der Waals surface area (Å²) in [5.74, 6) is -0.860. The van der Waals surface area contributed by atoms with Gasteiger partial charge in [0.1, 0.15) is 22.3 Å². The minimum absolute atomic E-state index is 0.158. The molecule has 0 unspecified atom stereocenters. The van der Waals surface area contributed by atoms with Crippen LogP contribution in [-0.2, 0) is 6.18 Å². The van der Waals surface area contributed by atoms with Gasteiger partial charge in [0.2, 0.25) is 5.69 Å². The van der Waals surface area contributed by atoms with Crippen LogP contribution in [0.5, 0.6) is 0 Å². The van der Waals surface area contributed by atoms with Crippen LogP contribution in [0.4, 0.5) is 45.2 Å². The smallest absolute Gasteiger partial charge is 0.382 e. The van der Waals surface area contributed by atoms with Crippen LogP contribution in [-0.4, -0.2) is 20.6 Å². The molecule has 0 saturated carbocycles. The molecule has 0 aliphatic rings. The third kappa shape index (κ3) is 4.23. The van der Waals surface area contributed by atoms with Gasteiger partial charge in [0.25, 0.3) is 0 Å². The minimum Gasteiger partial charge on any atom is -0.382 e. The lowest BCUT2D eigenvalue weighted by atomic mass is 10.1. The molecule has 0 fully saturated rings. The van der Waals surface area contributed by atoms with Crippen LogP contribution in [0.15, 0.2) is 53.4 Å². The van der Waals surface area contributed by atoms with E-state index in [-0.39, 0.29) is 17.2 Å². The standard InChI is InChI=1S/C21H12BrF4N7O/c1-28-16-15(17-19(27)29-9-30-33(17)18(16)22)10-2-5-12(6-3-10)31-20(34)32-14-8-11(21(24,25)26)4-7-13(14)23/h2-9H,(H2,27,29,30)(H2,31,32,34). The first-order chi connectivity index (χ1) is 16.1. The Bertz CT molecular complexity index is 1460. The number of nitrogens with zero attached hydrogens (tertiary/aromatic N) is 4. The second-order valence-electron chi connectivity index (χ2n) is 6.88. The molecule has 0 aliphatic heterocycles. The average Bonchev–Trinajstić information content (AvgIpc) is 3.08. The van der Waals surface area contributed by atoms with Gasteiger partial charge in [0.05, 0.1) is 17.8 Å². The molecule has 0 aliphatic carbocycles. The number of hydrogen-bond donors (Lipinski definition) is 3. The van der Waals surface area contributed by atoms with Gasteiger partial charge >= 0.3 is 12.2 Å². The van der Waals surface area contributed by atoms with Gasteiger partial charge in [-0.3, -0.25) is 0 Å². The Morgan fingerprint density at radius 2 is 1.85 bits per heavy atom. The van der Waals surface area contributed by atoms with Crippen LogP contribution in [0.2, 0.25) is 0 Å². The number of nitrogens with two attached hydrogens (primary N) is 1. The van der Waals surface area contributed by atoms with Crippen molar-refractivity contribution >= 4 is 50.4 Å². The third-order valence-corrected chi connectivity index (χ3v) is 5.47. The number of hydrogen-bond acceptors (Lipinski definition) is 4. The third-order valence-electron chi connectivity index (χ3n) is 4.76. The fourth-order valence-corrected chi connectivity index (χ4v) is 3.80. The summed E-state index contributed by atoms with van der Waals surface area (Å²) in [5.41, 5.74) is 6.26. The van der Waals surface area contributed by atoms with Gasteiger partial charge < -0.3 is 16.4 Å². The van der Waals surface area contributed by atoms with Gasteiger partial charge in [-0.25, -0.2) is 23.5 Å². The monoisotopic (exact) mass is 533 g/mol. The zero-order valence-electron chi connectivity index (χ0n) is 16.8. The highest BCUT2D eigenvalue weighted by Crippen LogP contribution is 2.43. The zero-order valence-corrected chi connectivity index (χ0v) is 18.4. The van der Waals surface area contributed by atoms with Crippen molar-refractivity contribution in [1.29, 1.82) is 0 Å². The van der Waals surface area contributed by atoms with Crippen LogP contribution >= 0.6 is 15.9 Å². The van der Waals surface area contributed by atoms with Gasteiger partial charge in [0.15, 0.2) is 5.82 Å². The molecule has 0 spiro atoms. The molecular weight excluding hydrogens is 522 g/mol. The average molecular weight is 534 g/mol. The van der Waals surface area contributed by atoms with E-state index >= 15 is 0 Å². The van der Waals surface area contributed by atoms with Gasteiger partial charge in [-0.15, -0.1) is 0 Å². The number of carbonyl (C=O) groups is 1. The molecule has 2 amide bonds. The molecule has 13 heteroatoms. The van der Waals surface area contributed by atoms with E-state index in [1.165, 1.54) is 23.0 Å². The Hall–Kier alpha value is -4.18. The Balaban J connectivity index is 1.59. The fraction of sp³-hybridized carbons (Fsp3) is 0.0476. The number of alkyl halides is 3. The van der Waals surface area contributed by atoms with Gasteiger partial charge in [-0.2, -0.15) is 18.3 Å². The van der Waals surface area contributed by atoms with Gasteiger partial charge in [0, 0.05) is 11.3 Å². The van der Waals surface area contributed by atoms with E-state index < -0.39 is 29.3 Å². The number of nitrogens with one attached hydrogen (secondary N) is 2. The van der Waals surface area contributed by atoms with E-state index in [1.807, 2.05) is 0 Å². The lowest BCUT2D eigenvalue weighted by Crippen LogP contribution is -2.20. The van der Waals surface area contributed by atoms with Crippen LogP contribution < -0.4 is 16.4 Å². The highest BCUT2D eigenvalue weighted by Gasteiger charge is 2.31. The second-order valence-corrected chi connectivity index (χ2v) is 7.63. The zero-order chi connectivity index (χ0) is 24.6. The number of fused-ring (bicyclic) bond motifs is 1. The molecule has 4 N–H and O–H groups in total. The summed E-state index contributed by atoms with van der Waals surface area (Å²) in [4.78, 5) is 19.7. The fourth-order valence-electron chi connectivity index (χ4n) is 3.24. The van der Waals surface area contributed by atoms with E-state index in [1.54, 1.807) is 12.1 Å². The van der Waals surface area contributed by atoms with Crippen molar-refractivity contribution in [3.05, 3.63) is 76.2 Å². The number of urea groups is 1. The lowest BCUT2D eigenvalue weighted by molar-refractivity contribution is -0.137. The summed E-state index contributed by atoms with van der Waals surface area (Å²) >= 11 is 3.33. The topological polar surface area (TPSA) is 102 Å². The van der Waals surface area contributed by atoms with E-state index in [0.717, 1.165) is 0 Å². The largest absolute Gasteiger partial charge is 0.416 e. The molecule has 172 valence electrons. The van der Waals surface area contributed by atoms with Gasteiger partial charge in [-0.1, -0.05) is 12.1 Å². The van der Waals surface area contributed by atoms with Crippen molar-refractivity contribution < 1.29 is 22.4 Å². The summed E-state index contributed by atoms with van der Waals surface area (Å²) in [6, 6.07) is 6.97. The number of benzene rings is 2. The molecule has 0 atom stereocenters. The van der Waals surface area contributed by atoms with E-state index in [0.29, 0.717) is 39.4 Å². The molecule has 0 saturated heterocycles. The Labute approximate surface area is 197 Å². The Morgan fingerprint density at radius 3 is 2.50 bits per heavy atom.